The Balaban J connectivity index is 1.92. The Kier molecular flexibility index (Phi) is 6.70. The van der Waals surface area contributed by atoms with Gasteiger partial charge >= 0.3 is 0 Å². The van der Waals surface area contributed by atoms with Gasteiger partial charge in [0.05, 0.1) is 17.7 Å². The second-order valence-electron chi connectivity index (χ2n) is 7.43. The van der Waals surface area contributed by atoms with Crippen molar-refractivity contribution in [2.24, 2.45) is 0 Å². The number of para-hydroxylation sites is 1. The molecule has 3 atom stereocenters. The Morgan fingerprint density at radius 2 is 1.59 bits per heavy atom. The molecule has 0 aliphatic carbocycles. The van der Waals surface area contributed by atoms with Crippen molar-refractivity contribution >= 4 is 11.8 Å². The van der Waals surface area contributed by atoms with E-state index in [2.05, 4.69) is 17.5 Å². The Hall–Kier alpha value is -3.08. The molecule has 0 bridgehead atoms. The van der Waals surface area contributed by atoms with E-state index in [4.69, 9.17) is 4.74 Å². The second kappa shape index (κ2) is 9.41. The lowest BCUT2D eigenvalue weighted by atomic mass is 10.0. The zero-order valence-electron chi connectivity index (χ0n) is 17.2. The van der Waals surface area contributed by atoms with Crippen LogP contribution in [0.4, 0.5) is 0 Å². The summed E-state index contributed by atoms with van der Waals surface area (Å²) in [7, 11) is 1.65. The summed E-state index contributed by atoms with van der Waals surface area (Å²) in [5.74, 6) is 0.114. The summed E-state index contributed by atoms with van der Waals surface area (Å²) >= 11 is 0. The minimum Gasteiger partial charge on any atom is -0.490 e. The molecule has 5 heteroatoms. The van der Waals surface area contributed by atoms with Crippen molar-refractivity contribution in [1.82, 2.24) is 10.2 Å². The van der Waals surface area contributed by atoms with Crippen LogP contribution >= 0.6 is 0 Å². The third kappa shape index (κ3) is 5.05. The van der Waals surface area contributed by atoms with Gasteiger partial charge in [0.25, 0.3) is 5.91 Å². The molecular weight excluding hydrogens is 364 g/mol. The van der Waals surface area contributed by atoms with Crippen molar-refractivity contribution in [1.29, 1.82) is 0 Å². The Bertz CT molecular complexity index is 879. The predicted octanol–water partition coefficient (Wildman–Crippen LogP) is 4.12. The van der Waals surface area contributed by atoms with Gasteiger partial charge in [-0.15, -0.1) is 0 Å². The van der Waals surface area contributed by atoms with Crippen molar-refractivity contribution in [2.45, 2.75) is 44.9 Å². The van der Waals surface area contributed by atoms with Crippen LogP contribution in [0.15, 0.2) is 66.7 Å². The first-order valence-electron chi connectivity index (χ1n) is 10.0. The molecule has 1 heterocycles. The van der Waals surface area contributed by atoms with Gasteiger partial charge in [-0.2, -0.15) is 0 Å². The topological polar surface area (TPSA) is 58.6 Å². The van der Waals surface area contributed by atoms with Gasteiger partial charge in [0.2, 0.25) is 5.91 Å². The molecule has 0 unspecified atom stereocenters. The molecule has 0 saturated carbocycles. The summed E-state index contributed by atoms with van der Waals surface area (Å²) in [6.07, 6.45) is 5.46. The van der Waals surface area contributed by atoms with Crippen molar-refractivity contribution in [3.05, 3.63) is 77.9 Å². The SMILES string of the molecule is C[C@@H]1C(=O)N[C@@H](c2ccccc2)C/C=C\C[C@H](C)Oc2ccccc2C(=O)N1C. The summed E-state index contributed by atoms with van der Waals surface area (Å²) < 4.78 is 6.03. The smallest absolute Gasteiger partial charge is 0.258 e. The summed E-state index contributed by atoms with van der Waals surface area (Å²) in [5.41, 5.74) is 1.50. The minimum absolute atomic E-state index is 0.0735. The number of ether oxygens (including phenoxy) is 1. The molecule has 2 amide bonds. The van der Waals surface area contributed by atoms with Gasteiger partial charge in [-0.1, -0.05) is 54.6 Å². The number of hydrogen-bond donors (Lipinski definition) is 1. The Labute approximate surface area is 172 Å². The molecule has 1 aliphatic rings. The number of rotatable bonds is 1. The first-order chi connectivity index (χ1) is 14.0. The van der Waals surface area contributed by atoms with E-state index in [1.54, 1.807) is 32.2 Å². The summed E-state index contributed by atoms with van der Waals surface area (Å²) in [6.45, 7) is 3.73. The maximum Gasteiger partial charge on any atom is 0.258 e. The van der Waals surface area contributed by atoms with Crippen LogP contribution < -0.4 is 10.1 Å². The molecule has 0 aromatic heterocycles. The number of amides is 2. The number of likely N-dealkylation sites (N-methyl/N-ethyl adjacent to an activating group) is 1. The number of carbonyl (C=O) groups is 2. The normalized spacial score (nSPS) is 24.7. The monoisotopic (exact) mass is 392 g/mol. The molecule has 0 spiro atoms. The molecule has 1 N–H and O–H groups in total. The van der Waals surface area contributed by atoms with Gasteiger partial charge in [-0.3, -0.25) is 9.59 Å². The lowest BCUT2D eigenvalue weighted by molar-refractivity contribution is -0.125. The predicted molar refractivity (Wildman–Crippen MR) is 114 cm³/mol. The van der Waals surface area contributed by atoms with E-state index in [0.29, 0.717) is 24.2 Å². The third-order valence-electron chi connectivity index (χ3n) is 5.25. The maximum atomic E-state index is 13.1. The van der Waals surface area contributed by atoms with Gasteiger partial charge in [-0.05, 0) is 38.0 Å². The standard InChI is InChI=1S/C24H28N2O3/c1-17-11-7-9-15-21(19-12-5-4-6-13-19)25-23(27)18(2)26(3)24(28)20-14-8-10-16-22(20)29-17/h4-10,12-14,16-18,21H,11,15H2,1-3H3,(H,25,27)/b9-7-/t17-,18+,21+/m0/s1. The van der Waals surface area contributed by atoms with Gasteiger partial charge in [0.15, 0.2) is 0 Å². The second-order valence-corrected chi connectivity index (χ2v) is 7.43. The van der Waals surface area contributed by atoms with Crippen LogP contribution in [-0.4, -0.2) is 35.9 Å². The number of benzene rings is 2. The highest BCUT2D eigenvalue weighted by molar-refractivity contribution is 5.99. The van der Waals surface area contributed by atoms with E-state index in [0.717, 1.165) is 5.56 Å². The number of fused-ring (bicyclic) bond motifs is 1. The first-order valence-corrected chi connectivity index (χ1v) is 10.0. The van der Waals surface area contributed by atoms with Crippen molar-refractivity contribution in [3.63, 3.8) is 0 Å². The number of hydrogen-bond acceptors (Lipinski definition) is 3. The van der Waals surface area contributed by atoms with Crippen LogP contribution in [0.2, 0.25) is 0 Å². The van der Waals surface area contributed by atoms with Crippen LogP contribution in [0.5, 0.6) is 5.75 Å². The van der Waals surface area contributed by atoms with Crippen LogP contribution in [0, 0.1) is 0 Å². The third-order valence-corrected chi connectivity index (χ3v) is 5.25. The minimum atomic E-state index is -0.619. The fourth-order valence-corrected chi connectivity index (χ4v) is 3.33. The van der Waals surface area contributed by atoms with Crippen LogP contribution in [0.25, 0.3) is 0 Å². The van der Waals surface area contributed by atoms with Gasteiger partial charge in [0, 0.05) is 13.5 Å². The van der Waals surface area contributed by atoms with Crippen LogP contribution in [-0.2, 0) is 4.79 Å². The molecule has 5 nitrogen and oxygen atoms in total. The highest BCUT2D eigenvalue weighted by Gasteiger charge is 2.27. The van der Waals surface area contributed by atoms with Crippen molar-refractivity contribution in [2.75, 3.05) is 7.05 Å². The summed E-state index contributed by atoms with van der Waals surface area (Å²) in [6, 6.07) is 16.3. The van der Waals surface area contributed by atoms with E-state index < -0.39 is 6.04 Å². The molecule has 0 radical (unpaired) electrons. The number of nitrogens with zero attached hydrogens (tertiary/aromatic N) is 1. The lowest BCUT2D eigenvalue weighted by Gasteiger charge is -2.28. The van der Waals surface area contributed by atoms with E-state index in [9.17, 15) is 9.59 Å². The number of nitrogens with one attached hydrogen (secondary N) is 1. The largest absolute Gasteiger partial charge is 0.490 e. The zero-order valence-corrected chi connectivity index (χ0v) is 17.2. The quantitative estimate of drug-likeness (QED) is 0.743. The molecular formula is C24H28N2O3. The highest BCUT2D eigenvalue weighted by atomic mass is 16.5. The Morgan fingerprint density at radius 1 is 0.931 bits per heavy atom. The van der Waals surface area contributed by atoms with Gasteiger partial charge in [0.1, 0.15) is 11.8 Å². The summed E-state index contributed by atoms with van der Waals surface area (Å²) in [4.78, 5) is 27.5. The Morgan fingerprint density at radius 3 is 2.34 bits per heavy atom. The molecule has 0 fully saturated rings. The van der Waals surface area contributed by atoms with Gasteiger partial charge < -0.3 is 15.0 Å². The summed E-state index contributed by atoms with van der Waals surface area (Å²) in [5, 5.41) is 3.11. The number of carbonyl (C=O) groups excluding carboxylic acids is 2. The maximum absolute atomic E-state index is 13.1. The average molecular weight is 392 g/mol. The first kappa shape index (κ1) is 20.6. The fourth-order valence-electron chi connectivity index (χ4n) is 3.33. The van der Waals surface area contributed by atoms with Crippen molar-refractivity contribution in [3.8, 4) is 5.75 Å². The molecule has 3 rings (SSSR count). The average Bonchev–Trinajstić information content (AvgIpc) is 2.74. The molecule has 152 valence electrons. The highest BCUT2D eigenvalue weighted by Crippen LogP contribution is 2.24. The molecule has 0 saturated heterocycles. The lowest BCUT2D eigenvalue weighted by Crippen LogP contribution is -2.47. The molecule has 1 aliphatic heterocycles. The van der Waals surface area contributed by atoms with Crippen LogP contribution in [0.3, 0.4) is 0 Å². The zero-order chi connectivity index (χ0) is 20.8. The fraction of sp³-hybridized carbons (Fsp3) is 0.333. The van der Waals surface area contributed by atoms with Crippen molar-refractivity contribution < 1.29 is 14.3 Å². The van der Waals surface area contributed by atoms with E-state index in [1.807, 2.05) is 43.3 Å². The molecule has 29 heavy (non-hydrogen) atoms. The van der Waals surface area contributed by atoms with E-state index >= 15 is 0 Å². The molecule has 2 aromatic rings. The molecule has 2 aromatic carbocycles. The van der Waals surface area contributed by atoms with E-state index in [-0.39, 0.29) is 24.0 Å². The van der Waals surface area contributed by atoms with Crippen LogP contribution in [0.1, 0.15) is 48.7 Å². The van der Waals surface area contributed by atoms with Gasteiger partial charge in [-0.25, -0.2) is 0 Å². The van der Waals surface area contributed by atoms with E-state index in [1.165, 1.54) is 4.90 Å².